The fraction of sp³-hybridized carbons (Fsp3) is 0.529. The van der Waals surface area contributed by atoms with Crippen molar-refractivity contribution in [3.05, 3.63) is 23.8 Å². The lowest BCUT2D eigenvalue weighted by atomic mass is 10.1. The zero-order valence-corrected chi connectivity index (χ0v) is 14.6. The van der Waals surface area contributed by atoms with E-state index in [2.05, 4.69) is 10.6 Å². The van der Waals surface area contributed by atoms with Crippen molar-refractivity contribution >= 4 is 11.8 Å². The number of ether oxygens (including phenoxy) is 2. The molecule has 25 heavy (non-hydrogen) atoms. The molecule has 3 N–H and O–H groups in total. The Bertz CT molecular complexity index is 608. The Morgan fingerprint density at radius 1 is 1.40 bits per heavy atom. The second-order valence-electron chi connectivity index (χ2n) is 5.71. The van der Waals surface area contributed by atoms with Gasteiger partial charge in [0, 0.05) is 31.7 Å². The lowest BCUT2D eigenvalue weighted by Crippen LogP contribution is -2.56. The number of nitrogens with zero attached hydrogens (tertiary/aromatic N) is 1. The fourth-order valence-corrected chi connectivity index (χ4v) is 2.91. The Balaban J connectivity index is 2.15. The summed E-state index contributed by atoms with van der Waals surface area (Å²) in [7, 11) is 3.15. The number of piperazine rings is 1. The normalized spacial score (nSPS) is 17.7. The average Bonchev–Trinajstić information content (AvgIpc) is 2.62. The minimum Gasteiger partial charge on any atom is -0.493 e. The second-order valence-corrected chi connectivity index (χ2v) is 5.71. The van der Waals surface area contributed by atoms with Crippen LogP contribution < -0.4 is 20.1 Å². The number of carbonyl (C=O) groups is 2. The van der Waals surface area contributed by atoms with Gasteiger partial charge in [-0.1, -0.05) is 12.1 Å². The zero-order chi connectivity index (χ0) is 18.2. The average molecular weight is 351 g/mol. The zero-order valence-electron chi connectivity index (χ0n) is 14.6. The molecule has 2 amide bonds. The molecule has 1 aromatic rings. The number of methoxy groups -OCH3 is 2. The number of amides is 2. The Labute approximate surface area is 147 Å². The summed E-state index contributed by atoms with van der Waals surface area (Å²) >= 11 is 0. The topological polar surface area (TPSA) is 100 Å². The van der Waals surface area contributed by atoms with Gasteiger partial charge in [0.2, 0.25) is 11.8 Å². The van der Waals surface area contributed by atoms with E-state index in [0.717, 1.165) is 5.56 Å². The van der Waals surface area contributed by atoms with Crippen LogP contribution in [0.4, 0.5) is 0 Å². The van der Waals surface area contributed by atoms with Crippen molar-refractivity contribution in [1.29, 1.82) is 0 Å². The van der Waals surface area contributed by atoms with Gasteiger partial charge in [-0.25, -0.2) is 0 Å². The molecule has 0 unspecified atom stereocenters. The molecule has 1 fully saturated rings. The highest BCUT2D eigenvalue weighted by molar-refractivity contribution is 5.88. The van der Waals surface area contributed by atoms with E-state index in [4.69, 9.17) is 14.6 Å². The van der Waals surface area contributed by atoms with Gasteiger partial charge in [-0.2, -0.15) is 0 Å². The van der Waals surface area contributed by atoms with E-state index >= 15 is 0 Å². The molecule has 0 spiro atoms. The van der Waals surface area contributed by atoms with E-state index in [1.165, 1.54) is 0 Å². The van der Waals surface area contributed by atoms with Gasteiger partial charge in [-0.05, 0) is 6.07 Å². The van der Waals surface area contributed by atoms with Gasteiger partial charge in [0.25, 0.3) is 0 Å². The number of carbonyl (C=O) groups excluding carboxylic acids is 2. The molecule has 2 rings (SSSR count). The van der Waals surface area contributed by atoms with Gasteiger partial charge in [0.05, 0.1) is 33.3 Å². The highest BCUT2D eigenvalue weighted by Gasteiger charge is 2.32. The Hall–Kier alpha value is -2.32. The van der Waals surface area contributed by atoms with Crippen LogP contribution in [0.25, 0.3) is 0 Å². The van der Waals surface area contributed by atoms with Crippen molar-refractivity contribution in [1.82, 2.24) is 15.5 Å². The molecule has 0 bridgehead atoms. The molecule has 0 aromatic heterocycles. The predicted molar refractivity (Wildman–Crippen MR) is 91.5 cm³/mol. The van der Waals surface area contributed by atoms with Crippen LogP contribution in [-0.4, -0.2) is 68.3 Å². The van der Waals surface area contributed by atoms with Crippen LogP contribution in [0.5, 0.6) is 11.5 Å². The number of hydrogen-bond donors (Lipinski definition) is 3. The predicted octanol–water partition coefficient (Wildman–Crippen LogP) is -0.497. The van der Waals surface area contributed by atoms with Crippen LogP contribution in [0.3, 0.4) is 0 Å². The van der Waals surface area contributed by atoms with Gasteiger partial charge >= 0.3 is 0 Å². The summed E-state index contributed by atoms with van der Waals surface area (Å²) in [6.07, 6.45) is 0.0398. The van der Waals surface area contributed by atoms with Crippen molar-refractivity contribution in [2.24, 2.45) is 0 Å². The van der Waals surface area contributed by atoms with E-state index < -0.39 is 6.04 Å². The molecular weight excluding hydrogens is 326 g/mol. The molecule has 1 atom stereocenters. The molecule has 8 heteroatoms. The number of benzene rings is 1. The maximum Gasteiger partial charge on any atom is 0.237 e. The maximum atomic E-state index is 12.2. The number of aliphatic hydroxyl groups excluding tert-OH is 1. The molecule has 1 saturated heterocycles. The SMILES string of the molecule is COc1cccc(CN2CCNC(=O)[C@H]2CC(=O)NCCO)c1OC. The van der Waals surface area contributed by atoms with E-state index in [1.807, 2.05) is 23.1 Å². The Morgan fingerprint density at radius 3 is 2.88 bits per heavy atom. The minimum atomic E-state index is -0.566. The fourth-order valence-electron chi connectivity index (χ4n) is 2.91. The van der Waals surface area contributed by atoms with Crippen molar-refractivity contribution in [2.75, 3.05) is 40.5 Å². The van der Waals surface area contributed by atoms with Crippen molar-refractivity contribution in [2.45, 2.75) is 19.0 Å². The monoisotopic (exact) mass is 351 g/mol. The molecule has 1 aliphatic rings. The van der Waals surface area contributed by atoms with Crippen LogP contribution in [0.2, 0.25) is 0 Å². The smallest absolute Gasteiger partial charge is 0.237 e. The first-order valence-electron chi connectivity index (χ1n) is 8.20. The van der Waals surface area contributed by atoms with E-state index in [-0.39, 0.29) is 31.4 Å². The molecular formula is C17H25N3O5. The van der Waals surface area contributed by atoms with E-state index in [9.17, 15) is 9.59 Å². The van der Waals surface area contributed by atoms with Crippen molar-refractivity contribution in [3.63, 3.8) is 0 Å². The summed E-state index contributed by atoms with van der Waals surface area (Å²) in [6, 6.07) is 5.02. The summed E-state index contributed by atoms with van der Waals surface area (Å²) in [5.41, 5.74) is 0.886. The molecule has 8 nitrogen and oxygen atoms in total. The number of para-hydroxylation sites is 1. The van der Waals surface area contributed by atoms with Crippen molar-refractivity contribution < 1.29 is 24.2 Å². The molecule has 0 radical (unpaired) electrons. The van der Waals surface area contributed by atoms with Crippen LogP contribution in [0.15, 0.2) is 18.2 Å². The molecule has 0 aliphatic carbocycles. The maximum absolute atomic E-state index is 12.2. The minimum absolute atomic E-state index is 0.0398. The molecule has 1 aromatic carbocycles. The Kier molecular flexibility index (Phi) is 7.03. The van der Waals surface area contributed by atoms with Crippen LogP contribution in [0.1, 0.15) is 12.0 Å². The van der Waals surface area contributed by atoms with E-state index in [0.29, 0.717) is 31.1 Å². The second kappa shape index (κ2) is 9.24. The number of rotatable bonds is 8. The standard InChI is InChI=1S/C17H25N3O5/c1-24-14-5-3-4-12(16(14)25-2)11-20-8-6-19-17(23)13(20)10-15(22)18-7-9-21/h3-5,13,21H,6-11H2,1-2H3,(H,18,22)(H,19,23)/t13-/m1/s1. The number of hydrogen-bond acceptors (Lipinski definition) is 6. The summed E-state index contributed by atoms with van der Waals surface area (Å²) in [5.74, 6) is 0.809. The van der Waals surface area contributed by atoms with Gasteiger partial charge in [0.1, 0.15) is 0 Å². The molecule has 0 saturated carbocycles. The summed E-state index contributed by atoms with van der Waals surface area (Å²) in [6.45, 7) is 1.67. The third-order valence-electron chi connectivity index (χ3n) is 4.11. The molecule has 138 valence electrons. The third kappa shape index (κ3) is 4.83. The lowest BCUT2D eigenvalue weighted by molar-refractivity contribution is -0.134. The van der Waals surface area contributed by atoms with E-state index in [1.54, 1.807) is 14.2 Å². The number of nitrogens with one attached hydrogen (secondary N) is 2. The molecule has 1 heterocycles. The first kappa shape index (κ1) is 19.0. The van der Waals surface area contributed by atoms with Crippen LogP contribution in [0, 0.1) is 0 Å². The third-order valence-corrected chi connectivity index (χ3v) is 4.11. The van der Waals surface area contributed by atoms with Gasteiger partial charge in [-0.3, -0.25) is 14.5 Å². The van der Waals surface area contributed by atoms with Crippen molar-refractivity contribution in [3.8, 4) is 11.5 Å². The lowest BCUT2D eigenvalue weighted by Gasteiger charge is -2.35. The Morgan fingerprint density at radius 2 is 2.20 bits per heavy atom. The highest BCUT2D eigenvalue weighted by atomic mass is 16.5. The van der Waals surface area contributed by atoms with Gasteiger partial charge < -0.3 is 25.2 Å². The molecule has 1 aliphatic heterocycles. The first-order valence-corrected chi connectivity index (χ1v) is 8.20. The highest BCUT2D eigenvalue weighted by Crippen LogP contribution is 2.32. The van der Waals surface area contributed by atoms with Gasteiger partial charge in [0.15, 0.2) is 11.5 Å². The summed E-state index contributed by atoms with van der Waals surface area (Å²) in [4.78, 5) is 26.2. The first-order chi connectivity index (χ1) is 12.1. The summed E-state index contributed by atoms with van der Waals surface area (Å²) < 4.78 is 10.8. The van der Waals surface area contributed by atoms with Crippen LogP contribution >= 0.6 is 0 Å². The number of aliphatic hydroxyl groups is 1. The quantitative estimate of drug-likeness (QED) is 0.584. The largest absolute Gasteiger partial charge is 0.493 e. The van der Waals surface area contributed by atoms with Gasteiger partial charge in [-0.15, -0.1) is 0 Å². The van der Waals surface area contributed by atoms with Crippen LogP contribution in [-0.2, 0) is 16.1 Å². The summed E-state index contributed by atoms with van der Waals surface area (Å²) in [5, 5.41) is 14.2.